The van der Waals surface area contributed by atoms with Gasteiger partial charge in [-0.1, -0.05) is 37.3 Å². The van der Waals surface area contributed by atoms with Crippen LogP contribution < -0.4 is 5.56 Å². The van der Waals surface area contributed by atoms with Crippen molar-refractivity contribution in [1.82, 2.24) is 9.55 Å². The van der Waals surface area contributed by atoms with Crippen LogP contribution in [0.5, 0.6) is 0 Å². The van der Waals surface area contributed by atoms with Crippen molar-refractivity contribution in [3.8, 4) is 0 Å². The molecule has 23 heavy (non-hydrogen) atoms. The van der Waals surface area contributed by atoms with E-state index in [1.807, 2.05) is 59.8 Å². The molecule has 3 aromatic rings. The van der Waals surface area contributed by atoms with Gasteiger partial charge in [0.2, 0.25) is 0 Å². The summed E-state index contributed by atoms with van der Waals surface area (Å²) >= 11 is 1.90. The molecule has 0 atom stereocenters. The minimum Gasteiger partial charge on any atom is -0.296 e. The molecule has 1 aromatic heterocycles. The molecule has 0 unspecified atom stereocenters. The quantitative estimate of drug-likeness (QED) is 0.597. The molecule has 0 aliphatic heterocycles. The van der Waals surface area contributed by atoms with E-state index in [4.69, 9.17) is 0 Å². The molecule has 0 saturated carbocycles. The largest absolute Gasteiger partial charge is 0.296 e. The number of aryl methyl sites for hydroxylation is 2. The molecule has 1 heterocycles. The van der Waals surface area contributed by atoms with Crippen molar-refractivity contribution in [2.45, 2.75) is 26.3 Å². The summed E-state index contributed by atoms with van der Waals surface area (Å²) in [5, 5.41) is 0.473. The van der Waals surface area contributed by atoms with Crippen LogP contribution in [-0.4, -0.2) is 9.55 Å². The van der Waals surface area contributed by atoms with Crippen molar-refractivity contribution in [3.05, 3.63) is 73.6 Å². The summed E-state index contributed by atoms with van der Waals surface area (Å²) in [5.74, 6) is 0.355. The predicted molar refractivity (Wildman–Crippen MR) is 98.2 cm³/mol. The molecule has 0 saturated heterocycles. The highest BCUT2D eigenvalue weighted by Gasteiger charge is 2.12. The van der Waals surface area contributed by atoms with Crippen molar-refractivity contribution < 1.29 is 4.39 Å². The van der Waals surface area contributed by atoms with Crippen molar-refractivity contribution in [2.75, 3.05) is 0 Å². The number of rotatable bonds is 4. The number of halogens is 2. The fourth-order valence-corrected chi connectivity index (χ4v) is 3.12. The van der Waals surface area contributed by atoms with Crippen LogP contribution in [0.4, 0.5) is 4.39 Å². The number of hydrogen-bond acceptors (Lipinski definition) is 2. The zero-order valence-corrected chi connectivity index (χ0v) is 14.9. The van der Waals surface area contributed by atoms with E-state index in [-0.39, 0.29) is 11.4 Å². The average Bonchev–Trinajstić information content (AvgIpc) is 2.56. The molecule has 0 spiro atoms. The number of hydrogen-bond donors (Lipinski definition) is 0. The summed E-state index contributed by atoms with van der Waals surface area (Å²) < 4.78 is 15.9. The van der Waals surface area contributed by atoms with E-state index < -0.39 is 0 Å². The highest BCUT2D eigenvalue weighted by atomic mass is 127. The molecular weight excluding hydrogens is 406 g/mol. The number of benzene rings is 2. The SMILES string of the molecule is CCc1nc2cc(F)c(I)cc2c(=O)n1CCc1ccccc1. The van der Waals surface area contributed by atoms with Gasteiger partial charge in [-0.25, -0.2) is 9.37 Å². The lowest BCUT2D eigenvalue weighted by molar-refractivity contribution is 0.613. The topological polar surface area (TPSA) is 34.9 Å². The van der Waals surface area contributed by atoms with Crippen LogP contribution >= 0.6 is 22.6 Å². The van der Waals surface area contributed by atoms with Crippen LogP contribution in [0, 0.1) is 9.39 Å². The van der Waals surface area contributed by atoms with Gasteiger partial charge in [0.25, 0.3) is 5.56 Å². The van der Waals surface area contributed by atoms with Crippen molar-refractivity contribution in [3.63, 3.8) is 0 Å². The number of fused-ring (bicyclic) bond motifs is 1. The summed E-state index contributed by atoms with van der Waals surface area (Å²) in [6.07, 6.45) is 1.40. The van der Waals surface area contributed by atoms with Crippen LogP contribution in [0.25, 0.3) is 10.9 Å². The minimum absolute atomic E-state index is 0.0966. The number of nitrogens with zero attached hydrogens (tertiary/aromatic N) is 2. The third-order valence-electron chi connectivity index (χ3n) is 3.86. The second-order valence-electron chi connectivity index (χ2n) is 5.36. The Morgan fingerprint density at radius 2 is 1.96 bits per heavy atom. The van der Waals surface area contributed by atoms with Crippen molar-refractivity contribution in [2.24, 2.45) is 0 Å². The highest BCUT2D eigenvalue weighted by Crippen LogP contribution is 2.17. The van der Waals surface area contributed by atoms with Gasteiger partial charge in [0.15, 0.2) is 0 Å². The fourth-order valence-electron chi connectivity index (χ4n) is 2.65. The van der Waals surface area contributed by atoms with E-state index in [1.54, 1.807) is 10.6 Å². The Hall–Kier alpha value is -1.76. The zero-order valence-electron chi connectivity index (χ0n) is 12.7. The summed E-state index contributed by atoms with van der Waals surface area (Å²) in [4.78, 5) is 17.3. The summed E-state index contributed by atoms with van der Waals surface area (Å²) in [6.45, 7) is 2.53. The van der Waals surface area contributed by atoms with Crippen molar-refractivity contribution in [1.29, 1.82) is 0 Å². The van der Waals surface area contributed by atoms with Crippen molar-refractivity contribution >= 4 is 33.5 Å². The van der Waals surface area contributed by atoms with E-state index in [0.29, 0.717) is 33.3 Å². The van der Waals surface area contributed by atoms with Crippen LogP contribution in [0.1, 0.15) is 18.3 Å². The molecule has 0 N–H and O–H groups in total. The molecule has 3 rings (SSSR count). The molecule has 118 valence electrons. The average molecular weight is 422 g/mol. The molecule has 3 nitrogen and oxygen atoms in total. The third kappa shape index (κ3) is 3.29. The van der Waals surface area contributed by atoms with Crippen LogP contribution in [-0.2, 0) is 19.4 Å². The van der Waals surface area contributed by atoms with Gasteiger partial charge >= 0.3 is 0 Å². The van der Waals surface area contributed by atoms with Gasteiger partial charge in [-0.3, -0.25) is 9.36 Å². The lowest BCUT2D eigenvalue weighted by atomic mass is 10.1. The van der Waals surface area contributed by atoms with E-state index >= 15 is 0 Å². The van der Waals surface area contributed by atoms with Gasteiger partial charge in [0.1, 0.15) is 11.6 Å². The molecule has 0 aliphatic rings. The zero-order chi connectivity index (χ0) is 16.4. The Morgan fingerprint density at radius 1 is 1.22 bits per heavy atom. The van der Waals surface area contributed by atoms with E-state index in [2.05, 4.69) is 4.98 Å². The first-order valence-corrected chi connectivity index (χ1v) is 8.60. The van der Waals surface area contributed by atoms with Gasteiger partial charge in [-0.15, -0.1) is 0 Å². The summed E-state index contributed by atoms with van der Waals surface area (Å²) in [5.41, 5.74) is 1.51. The van der Waals surface area contributed by atoms with Crippen LogP contribution in [0.2, 0.25) is 0 Å². The van der Waals surface area contributed by atoms with E-state index in [0.717, 1.165) is 6.42 Å². The summed E-state index contributed by atoms with van der Waals surface area (Å²) in [6, 6.07) is 13.0. The van der Waals surface area contributed by atoms with Gasteiger partial charge in [-0.2, -0.15) is 0 Å². The van der Waals surface area contributed by atoms with Crippen LogP contribution in [0.15, 0.2) is 47.3 Å². The maximum absolute atomic E-state index is 13.7. The molecule has 5 heteroatoms. The molecule has 0 fully saturated rings. The maximum Gasteiger partial charge on any atom is 0.261 e. The predicted octanol–water partition coefficient (Wildman–Crippen LogP) is 3.95. The fraction of sp³-hybridized carbons (Fsp3) is 0.222. The first kappa shape index (κ1) is 16.1. The standard InChI is InChI=1S/C18H16FIN2O/c1-2-17-21-16-11-14(19)15(20)10-13(16)18(23)22(17)9-8-12-6-4-3-5-7-12/h3-7,10-11H,2,8-9H2,1H3. The second-order valence-corrected chi connectivity index (χ2v) is 6.52. The van der Waals surface area contributed by atoms with Crippen LogP contribution in [0.3, 0.4) is 0 Å². The van der Waals surface area contributed by atoms with Gasteiger partial charge < -0.3 is 0 Å². The molecule has 2 aromatic carbocycles. The molecule has 0 radical (unpaired) electrons. The summed E-state index contributed by atoms with van der Waals surface area (Å²) in [7, 11) is 0. The monoisotopic (exact) mass is 422 g/mol. The van der Waals surface area contributed by atoms with Gasteiger partial charge in [0.05, 0.1) is 10.9 Å². The van der Waals surface area contributed by atoms with E-state index in [1.165, 1.54) is 11.6 Å². The lowest BCUT2D eigenvalue weighted by Gasteiger charge is -2.13. The highest BCUT2D eigenvalue weighted by molar-refractivity contribution is 14.1. The molecule has 0 bridgehead atoms. The Balaban J connectivity index is 2.06. The Kier molecular flexibility index (Phi) is 4.75. The normalized spacial score (nSPS) is 11.1. The minimum atomic E-state index is -0.339. The smallest absolute Gasteiger partial charge is 0.261 e. The first-order valence-electron chi connectivity index (χ1n) is 7.52. The molecular formula is C18H16FIN2O. The first-order chi connectivity index (χ1) is 11.1. The number of aromatic nitrogens is 2. The van der Waals surface area contributed by atoms with Gasteiger partial charge in [-0.05, 0) is 40.6 Å². The second kappa shape index (κ2) is 6.78. The molecule has 0 amide bonds. The Bertz CT molecular complexity index is 906. The third-order valence-corrected chi connectivity index (χ3v) is 4.69. The van der Waals surface area contributed by atoms with E-state index in [9.17, 15) is 9.18 Å². The molecule has 0 aliphatic carbocycles. The Morgan fingerprint density at radius 3 is 2.65 bits per heavy atom. The lowest BCUT2D eigenvalue weighted by Crippen LogP contribution is -2.26. The maximum atomic E-state index is 13.7. The van der Waals surface area contributed by atoms with Gasteiger partial charge in [0, 0.05) is 22.6 Å². The Labute approximate surface area is 147 Å².